The second-order valence-electron chi connectivity index (χ2n) is 8.65. The predicted molar refractivity (Wildman–Crippen MR) is 143 cm³/mol. The number of rotatable bonds is 9. The summed E-state index contributed by atoms with van der Waals surface area (Å²) in [5.74, 6) is -0.564. The molecule has 0 saturated carbocycles. The highest BCUT2D eigenvalue weighted by Gasteiger charge is 2.38. The summed E-state index contributed by atoms with van der Waals surface area (Å²) in [5, 5.41) is 2.82. The van der Waals surface area contributed by atoms with Crippen molar-refractivity contribution in [1.82, 2.24) is 5.32 Å². The molecule has 1 atom stereocenters. The van der Waals surface area contributed by atoms with Gasteiger partial charge in [-0.05, 0) is 74.7 Å². The Morgan fingerprint density at radius 2 is 1.89 bits per heavy atom. The number of hydrogen-bond acceptors (Lipinski definition) is 6. The molecule has 37 heavy (non-hydrogen) atoms. The van der Waals surface area contributed by atoms with E-state index in [1.807, 2.05) is 12.1 Å². The number of halogens is 1. The average Bonchev–Trinajstić information content (AvgIpc) is 3.49. The third-order valence-electron chi connectivity index (χ3n) is 6.08. The fraction of sp³-hybridized carbons (Fsp3) is 0.321. The zero-order valence-electron chi connectivity index (χ0n) is 20.8. The van der Waals surface area contributed by atoms with Gasteiger partial charge in [-0.15, -0.1) is 0 Å². The third kappa shape index (κ3) is 6.47. The summed E-state index contributed by atoms with van der Waals surface area (Å²) < 4.78 is 17.2. The Labute approximate surface area is 224 Å². The van der Waals surface area contributed by atoms with Crippen LogP contribution in [0.4, 0.5) is 5.69 Å². The van der Waals surface area contributed by atoms with Gasteiger partial charge in [0.1, 0.15) is 5.75 Å². The smallest absolute Gasteiger partial charge is 0.340 e. The number of benzene rings is 2. The molecule has 0 aliphatic carbocycles. The summed E-state index contributed by atoms with van der Waals surface area (Å²) >= 11 is 3.40. The van der Waals surface area contributed by atoms with Gasteiger partial charge in [0.05, 0.1) is 23.9 Å². The number of allylic oxidation sites excluding steroid dienone is 1. The van der Waals surface area contributed by atoms with Crippen LogP contribution in [0.15, 0.2) is 69.8 Å². The number of anilines is 1. The van der Waals surface area contributed by atoms with E-state index in [-0.39, 0.29) is 42.3 Å². The van der Waals surface area contributed by atoms with E-state index in [1.165, 1.54) is 4.90 Å². The first-order valence-electron chi connectivity index (χ1n) is 12.2. The predicted octanol–water partition coefficient (Wildman–Crippen LogP) is 4.39. The van der Waals surface area contributed by atoms with Crippen LogP contribution in [0.2, 0.25) is 0 Å². The first kappa shape index (κ1) is 26.6. The van der Waals surface area contributed by atoms with Crippen molar-refractivity contribution >= 4 is 45.5 Å². The fourth-order valence-electron chi connectivity index (χ4n) is 4.24. The summed E-state index contributed by atoms with van der Waals surface area (Å²) in [6.45, 7) is 4.76. The van der Waals surface area contributed by atoms with Gasteiger partial charge in [-0.1, -0.05) is 28.1 Å². The molecular formula is C28H29BrN2O6. The topological polar surface area (TPSA) is 94.2 Å². The monoisotopic (exact) mass is 568 g/mol. The molecule has 2 aliphatic heterocycles. The summed E-state index contributed by atoms with van der Waals surface area (Å²) in [5.41, 5.74) is 2.34. The van der Waals surface area contributed by atoms with E-state index in [4.69, 9.17) is 14.2 Å². The maximum atomic E-state index is 13.4. The molecule has 0 unspecified atom stereocenters. The van der Waals surface area contributed by atoms with Gasteiger partial charge in [-0.25, -0.2) is 4.79 Å². The normalized spacial score (nSPS) is 18.5. The Kier molecular flexibility index (Phi) is 8.78. The van der Waals surface area contributed by atoms with Crippen molar-refractivity contribution in [3.63, 3.8) is 0 Å². The van der Waals surface area contributed by atoms with Crippen LogP contribution in [0, 0.1) is 0 Å². The molecule has 0 bridgehead atoms. The van der Waals surface area contributed by atoms with Crippen molar-refractivity contribution < 1.29 is 28.6 Å². The average molecular weight is 569 g/mol. The van der Waals surface area contributed by atoms with Crippen molar-refractivity contribution in [3.8, 4) is 5.75 Å². The number of esters is 1. The van der Waals surface area contributed by atoms with Gasteiger partial charge < -0.3 is 19.5 Å². The third-order valence-corrected chi connectivity index (χ3v) is 6.61. The van der Waals surface area contributed by atoms with Gasteiger partial charge in [-0.3, -0.25) is 14.5 Å². The van der Waals surface area contributed by atoms with Crippen molar-refractivity contribution in [3.05, 3.63) is 75.4 Å². The molecule has 0 spiro atoms. The van der Waals surface area contributed by atoms with Crippen molar-refractivity contribution in [2.24, 2.45) is 0 Å². The van der Waals surface area contributed by atoms with E-state index < -0.39 is 5.97 Å². The second kappa shape index (κ2) is 12.2. The summed E-state index contributed by atoms with van der Waals surface area (Å²) in [7, 11) is 0. The molecule has 8 nitrogen and oxygen atoms in total. The summed E-state index contributed by atoms with van der Waals surface area (Å²) in [6.07, 6.45) is 3.71. The van der Waals surface area contributed by atoms with Gasteiger partial charge in [0.15, 0.2) is 6.61 Å². The van der Waals surface area contributed by atoms with E-state index in [2.05, 4.69) is 21.2 Å². The lowest BCUT2D eigenvalue weighted by atomic mass is 10.0. The van der Waals surface area contributed by atoms with Crippen molar-refractivity contribution in [2.45, 2.75) is 32.8 Å². The second-order valence-corrected chi connectivity index (χ2v) is 9.57. The number of ether oxygens (including phenoxy) is 3. The first-order valence-corrected chi connectivity index (χ1v) is 13.0. The van der Waals surface area contributed by atoms with E-state index in [1.54, 1.807) is 56.3 Å². The minimum absolute atomic E-state index is 0.0754. The zero-order chi connectivity index (χ0) is 26.4. The molecule has 2 heterocycles. The molecule has 194 valence electrons. The highest BCUT2D eigenvalue weighted by Crippen LogP contribution is 2.36. The van der Waals surface area contributed by atoms with Crippen LogP contribution in [0.5, 0.6) is 5.75 Å². The van der Waals surface area contributed by atoms with Gasteiger partial charge in [-0.2, -0.15) is 0 Å². The maximum Gasteiger partial charge on any atom is 0.340 e. The van der Waals surface area contributed by atoms with Crippen molar-refractivity contribution in [1.29, 1.82) is 0 Å². The lowest BCUT2D eigenvalue weighted by Gasteiger charge is -2.18. The molecular weight excluding hydrogens is 540 g/mol. The largest absolute Gasteiger partial charge is 0.484 e. The lowest BCUT2D eigenvalue weighted by Crippen LogP contribution is -2.35. The number of hydrogen-bond donors (Lipinski definition) is 1. The van der Waals surface area contributed by atoms with Crippen LogP contribution in [0.3, 0.4) is 0 Å². The van der Waals surface area contributed by atoms with Crippen LogP contribution in [0.25, 0.3) is 6.08 Å². The number of amides is 2. The Morgan fingerprint density at radius 1 is 1.16 bits per heavy atom. The van der Waals surface area contributed by atoms with Crippen LogP contribution in [-0.4, -0.2) is 50.3 Å². The molecule has 0 aromatic heterocycles. The summed E-state index contributed by atoms with van der Waals surface area (Å²) in [6, 6.07) is 14.2. The molecule has 1 N–H and O–H groups in total. The van der Waals surface area contributed by atoms with Gasteiger partial charge in [0, 0.05) is 29.0 Å². The first-order chi connectivity index (χ1) is 17.9. The zero-order valence-corrected chi connectivity index (χ0v) is 22.4. The lowest BCUT2D eigenvalue weighted by molar-refractivity contribution is -0.138. The number of carbonyl (C=O) groups is 3. The van der Waals surface area contributed by atoms with Crippen LogP contribution in [0.1, 0.15) is 32.3 Å². The number of nitrogens with zero attached hydrogens (tertiary/aromatic N) is 1. The molecule has 4 rings (SSSR count). The number of nitrogens with one attached hydrogen (secondary N) is 1. The maximum absolute atomic E-state index is 13.4. The van der Waals surface area contributed by atoms with Gasteiger partial charge in [0.2, 0.25) is 0 Å². The quantitative estimate of drug-likeness (QED) is 0.356. The molecule has 2 aliphatic rings. The molecule has 2 aromatic rings. The van der Waals surface area contributed by atoms with Crippen molar-refractivity contribution in [2.75, 3.05) is 31.3 Å². The minimum atomic E-state index is -0.548. The summed E-state index contributed by atoms with van der Waals surface area (Å²) in [4.78, 5) is 39.8. The number of carbonyl (C=O) groups excluding carboxylic acids is 3. The Bertz CT molecular complexity index is 1210. The van der Waals surface area contributed by atoms with E-state index in [0.29, 0.717) is 29.2 Å². The Morgan fingerprint density at radius 3 is 2.54 bits per heavy atom. The van der Waals surface area contributed by atoms with E-state index in [9.17, 15) is 14.4 Å². The minimum Gasteiger partial charge on any atom is -0.484 e. The highest BCUT2D eigenvalue weighted by molar-refractivity contribution is 9.10. The van der Waals surface area contributed by atoms with Gasteiger partial charge >= 0.3 is 5.97 Å². The molecule has 2 amide bonds. The molecule has 9 heteroatoms. The highest BCUT2D eigenvalue weighted by atomic mass is 79.9. The van der Waals surface area contributed by atoms with Gasteiger partial charge in [0.25, 0.3) is 11.8 Å². The van der Waals surface area contributed by atoms with Crippen LogP contribution < -0.4 is 15.0 Å². The van der Waals surface area contributed by atoms with Crippen LogP contribution in [-0.2, 0) is 23.9 Å². The van der Waals surface area contributed by atoms with E-state index >= 15 is 0 Å². The standard InChI is InChI=1S/C28H29BrN2O6/c1-3-35-28(34)26-18(2)31(21-10-8-20(29)9-11-21)27(33)24(26)15-19-6-12-22(13-7-19)37-17-25(32)30-16-23-5-4-14-36-23/h6-13,15,23H,3-5,14,16-17H2,1-2H3,(H,30,32)/b24-15-/t23-/m1/s1. The van der Waals surface area contributed by atoms with Crippen LogP contribution >= 0.6 is 15.9 Å². The Hall–Kier alpha value is -3.43. The molecule has 1 fully saturated rings. The molecule has 1 saturated heterocycles. The molecule has 2 aromatic carbocycles. The SMILES string of the molecule is CCOC(=O)C1=C(C)N(c2ccc(Br)cc2)C(=O)/C1=C\c1ccc(OCC(=O)NC[C@H]2CCCO2)cc1. The van der Waals surface area contributed by atoms with E-state index in [0.717, 1.165) is 23.9 Å². The molecule has 0 radical (unpaired) electrons. The Balaban J connectivity index is 1.47. The fourth-order valence-corrected chi connectivity index (χ4v) is 4.51.